The van der Waals surface area contributed by atoms with E-state index in [-0.39, 0.29) is 17.7 Å². The maximum absolute atomic E-state index is 12.3. The maximum atomic E-state index is 12.3. The third-order valence-electron chi connectivity index (χ3n) is 3.75. The Kier molecular flexibility index (Phi) is 6.59. The van der Waals surface area contributed by atoms with Crippen molar-refractivity contribution in [2.45, 2.75) is 66.0 Å². The van der Waals surface area contributed by atoms with E-state index in [9.17, 15) is 14.7 Å². The molecule has 1 rings (SSSR count). The highest BCUT2D eigenvalue weighted by molar-refractivity contribution is 5.95. The third kappa shape index (κ3) is 4.58. The fourth-order valence-corrected chi connectivity index (χ4v) is 2.53. The number of aryl methyl sites for hydroxylation is 1. The van der Waals surface area contributed by atoms with Gasteiger partial charge in [0, 0.05) is 5.69 Å². The third-order valence-corrected chi connectivity index (χ3v) is 3.75. The van der Waals surface area contributed by atoms with Crippen LogP contribution in [0.2, 0.25) is 0 Å². The zero-order chi connectivity index (χ0) is 16.9. The van der Waals surface area contributed by atoms with Crippen LogP contribution in [0.5, 0.6) is 0 Å². The minimum Gasteiger partial charge on any atom is -0.480 e. The van der Waals surface area contributed by atoms with E-state index in [1.165, 1.54) is 0 Å². The second-order valence-corrected chi connectivity index (χ2v) is 6.08. The molecule has 0 fully saturated rings. The van der Waals surface area contributed by atoms with Gasteiger partial charge in [0.1, 0.15) is 11.7 Å². The van der Waals surface area contributed by atoms with E-state index < -0.39 is 17.9 Å². The highest BCUT2D eigenvalue weighted by atomic mass is 16.4. The second kappa shape index (κ2) is 7.96. The predicted molar refractivity (Wildman–Crippen MR) is 84.9 cm³/mol. The van der Waals surface area contributed by atoms with Crippen LogP contribution in [0, 0.1) is 12.8 Å². The van der Waals surface area contributed by atoms with Crippen LogP contribution in [-0.2, 0) is 4.79 Å². The summed E-state index contributed by atoms with van der Waals surface area (Å²) in [6.07, 6.45) is 2.27. The Bertz CT molecular complexity index is 519. The summed E-state index contributed by atoms with van der Waals surface area (Å²) in [7, 11) is 0. The molecule has 0 saturated carbocycles. The number of amides is 1. The summed E-state index contributed by atoms with van der Waals surface area (Å²) in [6.45, 7) is 9.92. The molecule has 0 spiro atoms. The van der Waals surface area contributed by atoms with Gasteiger partial charge in [-0.25, -0.2) is 4.79 Å². The molecule has 0 bridgehead atoms. The minimum atomic E-state index is -1.02. The van der Waals surface area contributed by atoms with Crippen molar-refractivity contribution in [2.24, 2.45) is 5.92 Å². The first-order valence-corrected chi connectivity index (χ1v) is 7.89. The molecule has 0 radical (unpaired) electrons. The van der Waals surface area contributed by atoms with Crippen molar-refractivity contribution < 1.29 is 14.7 Å². The van der Waals surface area contributed by atoms with Gasteiger partial charge in [-0.1, -0.05) is 27.7 Å². The summed E-state index contributed by atoms with van der Waals surface area (Å²) in [4.78, 5) is 23.5. The monoisotopic (exact) mass is 309 g/mol. The van der Waals surface area contributed by atoms with E-state index in [4.69, 9.17) is 0 Å². The Balaban J connectivity index is 2.89. The highest BCUT2D eigenvalue weighted by Crippen LogP contribution is 2.18. The fraction of sp³-hybridized carbons (Fsp3) is 0.688. The van der Waals surface area contributed by atoms with Crippen molar-refractivity contribution >= 4 is 11.9 Å². The van der Waals surface area contributed by atoms with Crippen molar-refractivity contribution in [1.29, 1.82) is 0 Å². The Morgan fingerprint density at radius 3 is 2.36 bits per heavy atom. The van der Waals surface area contributed by atoms with E-state index in [0.29, 0.717) is 6.42 Å². The Morgan fingerprint density at radius 1 is 1.32 bits per heavy atom. The second-order valence-electron chi connectivity index (χ2n) is 6.08. The van der Waals surface area contributed by atoms with Gasteiger partial charge in [0.15, 0.2) is 0 Å². The highest BCUT2D eigenvalue weighted by Gasteiger charge is 2.24. The van der Waals surface area contributed by atoms with Crippen LogP contribution in [0.15, 0.2) is 6.07 Å². The van der Waals surface area contributed by atoms with E-state index in [1.54, 1.807) is 6.07 Å². The summed E-state index contributed by atoms with van der Waals surface area (Å²) < 4.78 is 1.85. The van der Waals surface area contributed by atoms with Crippen molar-refractivity contribution in [3.8, 4) is 0 Å². The number of nitrogens with zero attached hydrogens (tertiary/aromatic N) is 2. The first-order chi connectivity index (χ1) is 10.3. The topological polar surface area (TPSA) is 84.2 Å². The SMILES string of the molecule is CCC(CC)n1nc(C(=O)N[C@H](CC(C)C)C(=O)O)cc1C. The smallest absolute Gasteiger partial charge is 0.326 e. The number of carbonyl (C=O) groups excluding carboxylic acids is 1. The van der Waals surface area contributed by atoms with Gasteiger partial charge >= 0.3 is 5.97 Å². The number of hydrogen-bond donors (Lipinski definition) is 2. The van der Waals surface area contributed by atoms with Gasteiger partial charge in [0.05, 0.1) is 6.04 Å². The van der Waals surface area contributed by atoms with Gasteiger partial charge < -0.3 is 10.4 Å². The minimum absolute atomic E-state index is 0.185. The van der Waals surface area contributed by atoms with E-state index in [2.05, 4.69) is 24.3 Å². The van der Waals surface area contributed by atoms with E-state index >= 15 is 0 Å². The van der Waals surface area contributed by atoms with Crippen molar-refractivity contribution in [3.63, 3.8) is 0 Å². The van der Waals surface area contributed by atoms with Gasteiger partial charge in [0.25, 0.3) is 5.91 Å². The zero-order valence-corrected chi connectivity index (χ0v) is 14.1. The number of hydrogen-bond acceptors (Lipinski definition) is 3. The molecular weight excluding hydrogens is 282 g/mol. The number of aromatic nitrogens is 2. The quantitative estimate of drug-likeness (QED) is 0.773. The average Bonchev–Trinajstić information content (AvgIpc) is 2.81. The molecule has 22 heavy (non-hydrogen) atoms. The molecule has 0 aliphatic heterocycles. The van der Waals surface area contributed by atoms with Crippen LogP contribution in [0.3, 0.4) is 0 Å². The van der Waals surface area contributed by atoms with Gasteiger partial charge in [0.2, 0.25) is 0 Å². The molecule has 1 aromatic rings. The number of aliphatic carboxylic acids is 1. The lowest BCUT2D eigenvalue weighted by Crippen LogP contribution is -2.41. The van der Waals surface area contributed by atoms with Gasteiger partial charge in [-0.3, -0.25) is 9.48 Å². The lowest BCUT2D eigenvalue weighted by molar-refractivity contribution is -0.139. The molecule has 0 saturated heterocycles. The standard InChI is InChI=1S/C16H27N3O3/c1-6-12(7-2)19-11(5)9-13(18-19)15(20)17-14(16(21)22)8-10(3)4/h9-10,12,14H,6-8H2,1-5H3,(H,17,20)(H,21,22)/t14-/m1/s1. The Hall–Kier alpha value is -1.85. The molecule has 0 aliphatic carbocycles. The summed E-state index contributed by atoms with van der Waals surface area (Å²) in [5.41, 5.74) is 1.19. The molecule has 6 heteroatoms. The van der Waals surface area contributed by atoms with Crippen molar-refractivity contribution in [1.82, 2.24) is 15.1 Å². The van der Waals surface area contributed by atoms with Crippen molar-refractivity contribution in [2.75, 3.05) is 0 Å². The molecule has 2 N–H and O–H groups in total. The lowest BCUT2D eigenvalue weighted by atomic mass is 10.0. The first kappa shape index (κ1) is 18.2. The number of rotatable bonds is 8. The zero-order valence-electron chi connectivity index (χ0n) is 14.1. The first-order valence-electron chi connectivity index (χ1n) is 7.89. The summed E-state index contributed by atoms with van der Waals surface area (Å²) in [5.74, 6) is -1.26. The normalized spacial score (nSPS) is 12.7. The molecule has 1 atom stereocenters. The Labute approximate surface area is 131 Å². The molecule has 1 amide bonds. The molecule has 0 aromatic carbocycles. The van der Waals surface area contributed by atoms with Crippen LogP contribution >= 0.6 is 0 Å². The summed E-state index contributed by atoms with van der Waals surface area (Å²) >= 11 is 0. The number of nitrogens with one attached hydrogen (secondary N) is 1. The van der Waals surface area contributed by atoms with Crippen LogP contribution < -0.4 is 5.32 Å². The number of carbonyl (C=O) groups is 2. The molecule has 0 unspecified atom stereocenters. The maximum Gasteiger partial charge on any atom is 0.326 e. The summed E-state index contributed by atoms with van der Waals surface area (Å²) in [5, 5.41) is 16.1. The largest absolute Gasteiger partial charge is 0.480 e. The van der Waals surface area contributed by atoms with E-state index in [1.807, 2.05) is 25.5 Å². The van der Waals surface area contributed by atoms with E-state index in [0.717, 1.165) is 18.5 Å². The molecule has 124 valence electrons. The molecule has 1 heterocycles. The van der Waals surface area contributed by atoms with Crippen LogP contribution in [0.25, 0.3) is 0 Å². The number of carboxylic acids is 1. The van der Waals surface area contributed by atoms with Crippen LogP contribution in [-0.4, -0.2) is 32.8 Å². The van der Waals surface area contributed by atoms with Crippen molar-refractivity contribution in [3.05, 3.63) is 17.5 Å². The molecule has 6 nitrogen and oxygen atoms in total. The van der Waals surface area contributed by atoms with Crippen LogP contribution in [0.1, 0.15) is 69.2 Å². The predicted octanol–water partition coefficient (Wildman–Crippen LogP) is 2.78. The van der Waals surface area contributed by atoms with Gasteiger partial charge in [-0.05, 0) is 38.2 Å². The number of carboxylic acid groups (broad SMARTS) is 1. The summed E-state index contributed by atoms with van der Waals surface area (Å²) in [6, 6.07) is 1.08. The lowest BCUT2D eigenvalue weighted by Gasteiger charge is -2.16. The average molecular weight is 309 g/mol. The fourth-order valence-electron chi connectivity index (χ4n) is 2.53. The van der Waals surface area contributed by atoms with Gasteiger partial charge in [-0.2, -0.15) is 5.10 Å². The molecule has 0 aliphatic rings. The van der Waals surface area contributed by atoms with Crippen LogP contribution in [0.4, 0.5) is 0 Å². The van der Waals surface area contributed by atoms with Gasteiger partial charge in [-0.15, -0.1) is 0 Å². The Morgan fingerprint density at radius 2 is 1.91 bits per heavy atom. The molecule has 1 aromatic heterocycles. The molecular formula is C16H27N3O3.